The van der Waals surface area contributed by atoms with E-state index in [4.69, 9.17) is 14.7 Å². The van der Waals surface area contributed by atoms with Crippen LogP contribution < -0.4 is 14.8 Å². The first-order valence-corrected chi connectivity index (χ1v) is 10.0. The second-order valence-corrected chi connectivity index (χ2v) is 7.04. The number of nitriles is 1. The van der Waals surface area contributed by atoms with Gasteiger partial charge in [-0.15, -0.1) is 11.8 Å². The van der Waals surface area contributed by atoms with Crippen molar-refractivity contribution in [2.45, 2.75) is 11.5 Å². The molecule has 0 fully saturated rings. The number of carbonyl (C=O) groups is 1. The van der Waals surface area contributed by atoms with Crippen molar-refractivity contribution in [2.75, 3.05) is 17.7 Å². The number of carbonyl (C=O) groups excluding carboxylic acids is 1. The molecule has 0 atom stereocenters. The maximum atomic E-state index is 12.2. The molecule has 0 aromatic heterocycles. The van der Waals surface area contributed by atoms with Gasteiger partial charge < -0.3 is 14.8 Å². The highest BCUT2D eigenvalue weighted by Gasteiger charge is 2.08. The SMILES string of the molecule is N#CCSc1ccccc1NC(=O)COc1ccc(OCc2ccccc2)cc1. The summed E-state index contributed by atoms with van der Waals surface area (Å²) in [7, 11) is 0. The molecule has 146 valence electrons. The minimum atomic E-state index is -0.264. The lowest BCUT2D eigenvalue weighted by molar-refractivity contribution is -0.118. The number of rotatable bonds is 9. The molecule has 6 heteroatoms. The fourth-order valence-electron chi connectivity index (χ4n) is 2.51. The Labute approximate surface area is 174 Å². The summed E-state index contributed by atoms with van der Waals surface area (Å²) in [6, 6.07) is 26.5. The van der Waals surface area contributed by atoms with Crippen LogP contribution in [0.1, 0.15) is 5.56 Å². The summed E-state index contributed by atoms with van der Waals surface area (Å²) in [6.07, 6.45) is 0. The van der Waals surface area contributed by atoms with E-state index in [0.717, 1.165) is 16.2 Å². The number of amides is 1. The molecule has 5 nitrogen and oxygen atoms in total. The highest BCUT2D eigenvalue weighted by Crippen LogP contribution is 2.26. The van der Waals surface area contributed by atoms with Gasteiger partial charge in [-0.3, -0.25) is 4.79 Å². The number of benzene rings is 3. The maximum Gasteiger partial charge on any atom is 0.262 e. The highest BCUT2D eigenvalue weighted by molar-refractivity contribution is 7.99. The van der Waals surface area contributed by atoms with Gasteiger partial charge in [-0.05, 0) is 42.0 Å². The molecule has 0 aliphatic rings. The average molecular weight is 404 g/mol. The van der Waals surface area contributed by atoms with Gasteiger partial charge in [0.15, 0.2) is 6.61 Å². The largest absolute Gasteiger partial charge is 0.489 e. The van der Waals surface area contributed by atoms with Crippen molar-refractivity contribution in [2.24, 2.45) is 0 Å². The Hall–Kier alpha value is -3.43. The molecule has 0 spiro atoms. The second kappa shape index (κ2) is 10.8. The molecular formula is C23H20N2O3S. The molecular weight excluding hydrogens is 384 g/mol. The number of anilines is 1. The van der Waals surface area contributed by atoms with E-state index >= 15 is 0 Å². The van der Waals surface area contributed by atoms with Gasteiger partial charge >= 0.3 is 0 Å². The minimum absolute atomic E-state index is 0.110. The van der Waals surface area contributed by atoms with Crippen LogP contribution in [0.5, 0.6) is 11.5 Å². The molecule has 1 amide bonds. The Bertz CT molecular complexity index is 969. The predicted molar refractivity (Wildman–Crippen MR) is 114 cm³/mol. The van der Waals surface area contributed by atoms with Crippen molar-refractivity contribution in [1.29, 1.82) is 5.26 Å². The van der Waals surface area contributed by atoms with Gasteiger partial charge in [-0.25, -0.2) is 0 Å². The molecule has 0 bridgehead atoms. The number of hydrogen-bond acceptors (Lipinski definition) is 5. The summed E-state index contributed by atoms with van der Waals surface area (Å²) in [4.78, 5) is 13.1. The third-order valence-electron chi connectivity index (χ3n) is 3.90. The van der Waals surface area contributed by atoms with E-state index in [2.05, 4.69) is 11.4 Å². The Morgan fingerprint density at radius 1 is 0.897 bits per heavy atom. The molecule has 0 aliphatic heterocycles. The summed E-state index contributed by atoms with van der Waals surface area (Å²) in [5.41, 5.74) is 1.77. The number of nitrogens with one attached hydrogen (secondary N) is 1. The second-order valence-electron chi connectivity index (χ2n) is 6.03. The van der Waals surface area contributed by atoms with Crippen molar-refractivity contribution in [3.05, 3.63) is 84.4 Å². The Kier molecular flexibility index (Phi) is 7.55. The number of hydrogen-bond donors (Lipinski definition) is 1. The molecule has 3 rings (SSSR count). The van der Waals surface area contributed by atoms with Crippen LogP contribution in [0.2, 0.25) is 0 Å². The van der Waals surface area contributed by atoms with Crippen LogP contribution in [0.15, 0.2) is 83.8 Å². The standard InChI is InChI=1S/C23H20N2O3S/c24-14-15-29-22-9-5-4-8-21(22)25-23(26)17-28-20-12-10-19(11-13-20)27-16-18-6-2-1-3-7-18/h1-13H,15-17H2,(H,25,26). The van der Waals surface area contributed by atoms with Crippen LogP contribution in [0, 0.1) is 11.3 Å². The normalized spacial score (nSPS) is 10.0. The highest BCUT2D eigenvalue weighted by atomic mass is 32.2. The van der Waals surface area contributed by atoms with E-state index in [-0.39, 0.29) is 12.5 Å². The molecule has 0 radical (unpaired) electrons. The zero-order valence-electron chi connectivity index (χ0n) is 15.7. The quantitative estimate of drug-likeness (QED) is 0.514. The summed E-state index contributed by atoms with van der Waals surface area (Å²) >= 11 is 1.38. The average Bonchev–Trinajstić information content (AvgIpc) is 2.77. The van der Waals surface area contributed by atoms with Crippen LogP contribution >= 0.6 is 11.8 Å². The summed E-state index contributed by atoms with van der Waals surface area (Å²) < 4.78 is 11.3. The first-order chi connectivity index (χ1) is 14.2. The topological polar surface area (TPSA) is 71.4 Å². The minimum Gasteiger partial charge on any atom is -0.489 e. The van der Waals surface area contributed by atoms with Gasteiger partial charge in [-0.1, -0.05) is 42.5 Å². The third kappa shape index (κ3) is 6.59. The predicted octanol–water partition coefficient (Wildman–Crippen LogP) is 4.90. The van der Waals surface area contributed by atoms with E-state index in [1.807, 2.05) is 60.7 Å². The third-order valence-corrected chi connectivity index (χ3v) is 4.84. The summed E-state index contributed by atoms with van der Waals surface area (Å²) in [6.45, 7) is 0.383. The van der Waals surface area contributed by atoms with Crippen molar-refractivity contribution in [3.8, 4) is 17.6 Å². The van der Waals surface area contributed by atoms with Gasteiger partial charge in [0.1, 0.15) is 18.1 Å². The van der Waals surface area contributed by atoms with Crippen LogP contribution in [-0.2, 0) is 11.4 Å². The van der Waals surface area contributed by atoms with Crippen molar-refractivity contribution < 1.29 is 14.3 Å². The Morgan fingerprint density at radius 2 is 1.55 bits per heavy atom. The van der Waals surface area contributed by atoms with Crippen LogP contribution in [-0.4, -0.2) is 18.3 Å². The Balaban J connectivity index is 1.47. The fraction of sp³-hybridized carbons (Fsp3) is 0.130. The molecule has 0 heterocycles. The lowest BCUT2D eigenvalue weighted by atomic mass is 10.2. The monoisotopic (exact) mass is 404 g/mol. The molecule has 1 N–H and O–H groups in total. The fourth-order valence-corrected chi connectivity index (χ4v) is 3.18. The molecule has 3 aromatic carbocycles. The van der Waals surface area contributed by atoms with E-state index in [1.54, 1.807) is 18.2 Å². The van der Waals surface area contributed by atoms with Crippen molar-refractivity contribution in [3.63, 3.8) is 0 Å². The smallest absolute Gasteiger partial charge is 0.262 e. The van der Waals surface area contributed by atoms with Crippen molar-refractivity contribution >= 4 is 23.4 Å². The number of ether oxygens (including phenoxy) is 2. The van der Waals surface area contributed by atoms with Crippen LogP contribution in [0.3, 0.4) is 0 Å². The molecule has 29 heavy (non-hydrogen) atoms. The van der Waals surface area contributed by atoms with E-state index in [0.29, 0.717) is 23.8 Å². The van der Waals surface area contributed by atoms with Gasteiger partial charge in [0.25, 0.3) is 5.91 Å². The van der Waals surface area contributed by atoms with Gasteiger partial charge in [0.05, 0.1) is 17.5 Å². The number of nitrogens with zero attached hydrogens (tertiary/aromatic N) is 1. The number of thioether (sulfide) groups is 1. The molecule has 0 unspecified atom stereocenters. The molecule has 0 aliphatic carbocycles. The van der Waals surface area contributed by atoms with E-state index < -0.39 is 0 Å². The first kappa shape index (κ1) is 20.3. The molecule has 3 aromatic rings. The Morgan fingerprint density at radius 3 is 2.28 bits per heavy atom. The van der Waals surface area contributed by atoms with Crippen LogP contribution in [0.4, 0.5) is 5.69 Å². The lowest BCUT2D eigenvalue weighted by Gasteiger charge is -2.11. The van der Waals surface area contributed by atoms with E-state index in [9.17, 15) is 4.79 Å². The van der Waals surface area contributed by atoms with E-state index in [1.165, 1.54) is 11.8 Å². The first-order valence-electron chi connectivity index (χ1n) is 9.03. The summed E-state index contributed by atoms with van der Waals surface area (Å²) in [5, 5.41) is 11.6. The maximum absolute atomic E-state index is 12.2. The lowest BCUT2D eigenvalue weighted by Crippen LogP contribution is -2.20. The molecule has 0 saturated carbocycles. The zero-order valence-corrected chi connectivity index (χ0v) is 16.5. The van der Waals surface area contributed by atoms with Crippen LogP contribution in [0.25, 0.3) is 0 Å². The van der Waals surface area contributed by atoms with Gasteiger partial charge in [0, 0.05) is 4.90 Å². The van der Waals surface area contributed by atoms with Gasteiger partial charge in [0.2, 0.25) is 0 Å². The molecule has 0 saturated heterocycles. The van der Waals surface area contributed by atoms with Gasteiger partial charge in [-0.2, -0.15) is 5.26 Å². The van der Waals surface area contributed by atoms with Crippen molar-refractivity contribution in [1.82, 2.24) is 0 Å². The zero-order chi connectivity index (χ0) is 20.3. The summed E-state index contributed by atoms with van der Waals surface area (Å²) in [5.74, 6) is 1.37. The number of para-hydroxylation sites is 1.